The van der Waals surface area contributed by atoms with Crippen molar-refractivity contribution < 1.29 is 0 Å². The van der Waals surface area contributed by atoms with Gasteiger partial charge in [0.15, 0.2) is 0 Å². The Balaban J connectivity index is 2.40. The Kier molecular flexibility index (Phi) is 5.18. The summed E-state index contributed by atoms with van der Waals surface area (Å²) in [7, 11) is 0. The number of alkyl halides is 1. The second kappa shape index (κ2) is 6.27. The smallest absolute Gasteiger partial charge is 0.0645 e. The van der Waals surface area contributed by atoms with Crippen molar-refractivity contribution in [3.8, 4) is 0 Å². The molecular formula is C13H7Br3Cl2. The first-order chi connectivity index (χ1) is 8.47. The van der Waals surface area contributed by atoms with Crippen LogP contribution in [0.1, 0.15) is 16.0 Å². The molecule has 0 amide bonds. The topological polar surface area (TPSA) is 0 Å². The van der Waals surface area contributed by atoms with E-state index in [2.05, 4.69) is 59.9 Å². The van der Waals surface area contributed by atoms with Crippen molar-refractivity contribution in [1.82, 2.24) is 0 Å². The molecule has 0 saturated carbocycles. The zero-order chi connectivity index (χ0) is 13.3. The predicted octanol–water partition coefficient (Wildman–Crippen LogP) is 7.00. The minimum Gasteiger partial charge on any atom is -0.0827 e. The van der Waals surface area contributed by atoms with Gasteiger partial charge in [-0.2, -0.15) is 0 Å². The van der Waals surface area contributed by atoms with Gasteiger partial charge in [-0.25, -0.2) is 0 Å². The van der Waals surface area contributed by atoms with E-state index in [1.165, 1.54) is 0 Å². The van der Waals surface area contributed by atoms with Crippen LogP contribution in [0.2, 0.25) is 10.0 Å². The van der Waals surface area contributed by atoms with E-state index in [1.54, 1.807) is 6.07 Å². The molecule has 0 N–H and O–H groups in total. The quantitative estimate of drug-likeness (QED) is 0.412. The van der Waals surface area contributed by atoms with Gasteiger partial charge in [0.25, 0.3) is 0 Å². The highest BCUT2D eigenvalue weighted by Gasteiger charge is 2.13. The molecule has 0 spiro atoms. The fourth-order valence-electron chi connectivity index (χ4n) is 1.58. The van der Waals surface area contributed by atoms with E-state index in [9.17, 15) is 0 Å². The Morgan fingerprint density at radius 1 is 0.778 bits per heavy atom. The monoisotopic (exact) mass is 470 g/mol. The van der Waals surface area contributed by atoms with Crippen LogP contribution in [0.15, 0.2) is 45.3 Å². The molecule has 0 bridgehead atoms. The molecule has 0 aliphatic carbocycles. The molecule has 0 fully saturated rings. The van der Waals surface area contributed by atoms with Crippen molar-refractivity contribution in [2.75, 3.05) is 0 Å². The molecule has 0 aliphatic heterocycles. The number of rotatable bonds is 2. The third-order valence-corrected chi connectivity index (χ3v) is 5.13. The lowest BCUT2D eigenvalue weighted by Crippen LogP contribution is -1.93. The SMILES string of the molecule is Clc1ccc(C(Br)c2cc(Br)cc(Br)c2)cc1Cl. The summed E-state index contributed by atoms with van der Waals surface area (Å²) in [4.78, 5) is 0.0704. The summed E-state index contributed by atoms with van der Waals surface area (Å²) in [6, 6.07) is 11.8. The molecule has 1 unspecified atom stereocenters. The van der Waals surface area contributed by atoms with Crippen LogP contribution in [0, 0.1) is 0 Å². The third-order valence-electron chi connectivity index (χ3n) is 2.41. The summed E-state index contributed by atoms with van der Waals surface area (Å²) in [5.74, 6) is 0. The van der Waals surface area contributed by atoms with Gasteiger partial charge in [-0.3, -0.25) is 0 Å². The van der Waals surface area contributed by atoms with Crippen molar-refractivity contribution >= 4 is 71.0 Å². The summed E-state index contributed by atoms with van der Waals surface area (Å²) in [6.07, 6.45) is 0. The lowest BCUT2D eigenvalue weighted by molar-refractivity contribution is 1.17. The van der Waals surface area contributed by atoms with Crippen LogP contribution in [0.3, 0.4) is 0 Å². The molecule has 1 atom stereocenters. The van der Waals surface area contributed by atoms with Crippen LogP contribution in [0.4, 0.5) is 0 Å². The molecule has 0 aliphatic rings. The highest BCUT2D eigenvalue weighted by atomic mass is 79.9. The maximum absolute atomic E-state index is 6.04. The van der Waals surface area contributed by atoms with Gasteiger partial charge in [-0.1, -0.05) is 77.1 Å². The van der Waals surface area contributed by atoms with Crippen molar-refractivity contribution in [3.63, 3.8) is 0 Å². The third kappa shape index (κ3) is 3.51. The first-order valence-electron chi connectivity index (χ1n) is 5.02. The number of benzene rings is 2. The summed E-state index contributed by atoms with van der Waals surface area (Å²) in [5.41, 5.74) is 2.20. The molecule has 94 valence electrons. The highest BCUT2D eigenvalue weighted by molar-refractivity contribution is 9.11. The molecule has 0 nitrogen and oxygen atoms in total. The van der Waals surface area contributed by atoms with Gasteiger partial charge in [0, 0.05) is 8.95 Å². The van der Waals surface area contributed by atoms with Gasteiger partial charge >= 0.3 is 0 Å². The second-order valence-corrected chi connectivity index (χ2v) is 7.30. The van der Waals surface area contributed by atoms with Gasteiger partial charge in [0.1, 0.15) is 0 Å². The molecule has 5 heteroatoms. The van der Waals surface area contributed by atoms with Crippen LogP contribution in [0.5, 0.6) is 0 Å². The van der Waals surface area contributed by atoms with Crippen LogP contribution in [-0.2, 0) is 0 Å². The van der Waals surface area contributed by atoms with Crippen LogP contribution in [0.25, 0.3) is 0 Å². The predicted molar refractivity (Wildman–Crippen MR) is 89.1 cm³/mol. The van der Waals surface area contributed by atoms with Crippen molar-refractivity contribution in [2.45, 2.75) is 4.83 Å². The van der Waals surface area contributed by atoms with Crippen LogP contribution in [-0.4, -0.2) is 0 Å². The van der Waals surface area contributed by atoms with Crippen molar-refractivity contribution in [1.29, 1.82) is 0 Å². The van der Waals surface area contributed by atoms with Crippen molar-refractivity contribution in [2.24, 2.45) is 0 Å². The summed E-state index contributed by atoms with van der Waals surface area (Å²) in [6.45, 7) is 0. The summed E-state index contributed by atoms with van der Waals surface area (Å²) >= 11 is 22.6. The Morgan fingerprint density at radius 2 is 1.39 bits per heavy atom. The average molecular weight is 474 g/mol. The van der Waals surface area contributed by atoms with E-state index in [4.69, 9.17) is 23.2 Å². The lowest BCUT2D eigenvalue weighted by atomic mass is 10.1. The Bertz CT molecular complexity index is 564. The first kappa shape index (κ1) is 14.9. The van der Waals surface area contributed by atoms with E-state index in [0.29, 0.717) is 10.0 Å². The molecule has 0 aromatic heterocycles. The lowest BCUT2D eigenvalue weighted by Gasteiger charge is -2.12. The summed E-state index contributed by atoms with van der Waals surface area (Å²) < 4.78 is 2.05. The van der Waals surface area contributed by atoms with E-state index in [0.717, 1.165) is 20.1 Å². The van der Waals surface area contributed by atoms with Crippen molar-refractivity contribution in [3.05, 3.63) is 66.5 Å². The molecule has 0 saturated heterocycles. The van der Waals surface area contributed by atoms with Crippen LogP contribution < -0.4 is 0 Å². The molecule has 2 aromatic rings. The maximum atomic E-state index is 6.04. The van der Waals surface area contributed by atoms with E-state index >= 15 is 0 Å². The van der Waals surface area contributed by atoms with E-state index < -0.39 is 0 Å². The van der Waals surface area contributed by atoms with Gasteiger partial charge in [0.05, 0.1) is 14.9 Å². The molecule has 0 radical (unpaired) electrons. The Labute approximate surface area is 141 Å². The van der Waals surface area contributed by atoms with Gasteiger partial charge in [-0.15, -0.1) is 0 Å². The average Bonchev–Trinajstić information content (AvgIpc) is 2.30. The van der Waals surface area contributed by atoms with E-state index in [1.807, 2.05) is 18.2 Å². The fraction of sp³-hybridized carbons (Fsp3) is 0.0769. The fourth-order valence-corrected chi connectivity index (χ4v) is 3.77. The molecule has 0 heterocycles. The van der Waals surface area contributed by atoms with Gasteiger partial charge in [-0.05, 0) is 41.5 Å². The Morgan fingerprint density at radius 3 is 1.94 bits per heavy atom. The Hall–Kier alpha value is 0.460. The van der Waals surface area contributed by atoms with E-state index in [-0.39, 0.29) is 4.83 Å². The minimum absolute atomic E-state index is 0.0704. The highest BCUT2D eigenvalue weighted by Crippen LogP contribution is 2.36. The minimum atomic E-state index is 0.0704. The molecular weight excluding hydrogens is 467 g/mol. The zero-order valence-electron chi connectivity index (χ0n) is 8.93. The zero-order valence-corrected chi connectivity index (χ0v) is 15.2. The molecule has 2 rings (SSSR count). The largest absolute Gasteiger partial charge is 0.0827 e. The standard InChI is InChI=1S/C13H7Br3Cl2/c14-9-3-8(4-10(15)6-9)13(16)7-1-2-11(17)12(18)5-7/h1-6,13H. The molecule has 2 aromatic carbocycles. The van der Waals surface area contributed by atoms with Crippen LogP contribution >= 0.6 is 71.0 Å². The normalized spacial score (nSPS) is 12.5. The molecule has 18 heavy (non-hydrogen) atoms. The number of hydrogen-bond acceptors (Lipinski definition) is 0. The number of hydrogen-bond donors (Lipinski definition) is 0. The van der Waals surface area contributed by atoms with Gasteiger partial charge < -0.3 is 0 Å². The summed E-state index contributed by atoms with van der Waals surface area (Å²) in [5, 5.41) is 1.13. The maximum Gasteiger partial charge on any atom is 0.0645 e. The first-order valence-corrected chi connectivity index (χ1v) is 8.28. The van der Waals surface area contributed by atoms with Gasteiger partial charge in [0.2, 0.25) is 0 Å². The number of halogens is 5. The second-order valence-electron chi connectivity index (χ2n) is 3.74.